The van der Waals surface area contributed by atoms with Gasteiger partial charge < -0.3 is 20.1 Å². The highest BCUT2D eigenvalue weighted by Crippen LogP contribution is 2.35. The fourth-order valence-corrected chi connectivity index (χ4v) is 4.68. The van der Waals surface area contributed by atoms with Gasteiger partial charge in [0, 0.05) is 0 Å². The molecule has 2 amide bonds. The van der Waals surface area contributed by atoms with Crippen molar-refractivity contribution in [3.63, 3.8) is 0 Å². The van der Waals surface area contributed by atoms with Crippen LogP contribution in [0.4, 0.5) is 9.39 Å². The summed E-state index contributed by atoms with van der Waals surface area (Å²) in [6.07, 6.45) is 0. The van der Waals surface area contributed by atoms with Crippen LogP contribution >= 0.6 is 22.9 Å². The molecular formula is C24H22ClFN2O4S. The van der Waals surface area contributed by atoms with Gasteiger partial charge in [-0.2, -0.15) is 0 Å². The van der Waals surface area contributed by atoms with E-state index in [0.29, 0.717) is 34.6 Å². The highest BCUT2D eigenvalue weighted by molar-refractivity contribution is 7.18. The predicted octanol–water partition coefficient (Wildman–Crippen LogP) is 5.54. The molecule has 2 heterocycles. The largest absolute Gasteiger partial charge is 0.486 e. The average Bonchev–Trinajstić information content (AvgIpc) is 3.13. The normalized spacial score (nSPS) is 12.9. The molecule has 0 bridgehead atoms. The van der Waals surface area contributed by atoms with E-state index >= 15 is 0 Å². The molecule has 9 heteroatoms. The van der Waals surface area contributed by atoms with E-state index in [1.165, 1.54) is 12.1 Å². The number of halogens is 2. The Morgan fingerprint density at radius 1 is 1.03 bits per heavy atom. The van der Waals surface area contributed by atoms with Crippen LogP contribution < -0.4 is 20.1 Å². The van der Waals surface area contributed by atoms with E-state index in [9.17, 15) is 14.0 Å². The van der Waals surface area contributed by atoms with Crippen molar-refractivity contribution in [2.75, 3.05) is 18.5 Å². The number of thiophene rings is 1. The van der Waals surface area contributed by atoms with Crippen molar-refractivity contribution < 1.29 is 23.5 Å². The zero-order chi connectivity index (χ0) is 23.8. The van der Waals surface area contributed by atoms with Gasteiger partial charge in [0.15, 0.2) is 11.5 Å². The average molecular weight is 489 g/mol. The van der Waals surface area contributed by atoms with Gasteiger partial charge in [0.25, 0.3) is 11.8 Å². The lowest BCUT2D eigenvalue weighted by Crippen LogP contribution is -2.41. The quantitative estimate of drug-likeness (QED) is 0.494. The number of fused-ring (bicyclic) bond motifs is 1. The number of carbonyl (C=O) groups excluding carboxylic acids is 2. The summed E-state index contributed by atoms with van der Waals surface area (Å²) in [5, 5.41) is 6.28. The Hall–Kier alpha value is -3.10. The summed E-state index contributed by atoms with van der Waals surface area (Å²) in [6, 6.07) is 10.9. The first-order chi connectivity index (χ1) is 15.6. The third-order valence-electron chi connectivity index (χ3n) is 5.23. The van der Waals surface area contributed by atoms with Crippen molar-refractivity contribution in [2.45, 2.75) is 26.3 Å². The van der Waals surface area contributed by atoms with Crippen LogP contribution in [0, 0.1) is 12.7 Å². The summed E-state index contributed by atoms with van der Waals surface area (Å²) < 4.78 is 24.5. The molecule has 1 aliphatic rings. The van der Waals surface area contributed by atoms with Crippen molar-refractivity contribution in [3.05, 3.63) is 74.9 Å². The minimum Gasteiger partial charge on any atom is -0.486 e. The first-order valence-corrected chi connectivity index (χ1v) is 11.4. The molecule has 2 aromatic carbocycles. The first kappa shape index (κ1) is 23.1. The molecule has 1 aromatic heterocycles. The van der Waals surface area contributed by atoms with Gasteiger partial charge in [0.1, 0.15) is 19.0 Å². The summed E-state index contributed by atoms with van der Waals surface area (Å²) in [5.74, 6) is 0.0614. The molecule has 33 heavy (non-hydrogen) atoms. The Balaban J connectivity index is 1.49. The molecule has 4 rings (SSSR count). The Labute approximate surface area is 199 Å². The molecule has 0 fully saturated rings. The van der Waals surface area contributed by atoms with Gasteiger partial charge in [-0.25, -0.2) is 4.39 Å². The van der Waals surface area contributed by atoms with Crippen molar-refractivity contribution >= 4 is 39.8 Å². The Bertz CT molecular complexity index is 1240. The van der Waals surface area contributed by atoms with Crippen LogP contribution in [-0.2, 0) is 5.54 Å². The predicted molar refractivity (Wildman–Crippen MR) is 126 cm³/mol. The number of benzene rings is 2. The second kappa shape index (κ2) is 9.03. The van der Waals surface area contributed by atoms with E-state index in [4.69, 9.17) is 21.1 Å². The SMILES string of the molecule is Cc1cc(NC(=O)c2ccc(F)cc2Cl)sc1C(=O)NC(C)(C)c1ccc2c(c1)OCCO2. The van der Waals surface area contributed by atoms with Crippen molar-refractivity contribution in [3.8, 4) is 11.5 Å². The van der Waals surface area contributed by atoms with Crippen molar-refractivity contribution in [2.24, 2.45) is 0 Å². The molecule has 1 aliphatic heterocycles. The zero-order valence-electron chi connectivity index (χ0n) is 18.3. The van der Waals surface area contributed by atoms with Gasteiger partial charge in [0.05, 0.1) is 26.0 Å². The highest BCUT2D eigenvalue weighted by Gasteiger charge is 2.27. The maximum Gasteiger partial charge on any atom is 0.262 e. The topological polar surface area (TPSA) is 76.7 Å². The lowest BCUT2D eigenvalue weighted by Gasteiger charge is -2.28. The molecular weight excluding hydrogens is 467 g/mol. The number of aryl methyl sites for hydroxylation is 1. The van der Waals surface area contributed by atoms with Crippen LogP contribution in [0.2, 0.25) is 5.02 Å². The van der Waals surface area contributed by atoms with E-state index in [2.05, 4.69) is 10.6 Å². The minimum absolute atomic E-state index is 0.0138. The number of amides is 2. The molecule has 0 spiro atoms. The van der Waals surface area contributed by atoms with Crippen LogP contribution in [-0.4, -0.2) is 25.0 Å². The Morgan fingerprint density at radius 3 is 2.48 bits per heavy atom. The molecule has 6 nitrogen and oxygen atoms in total. The molecule has 172 valence electrons. The van der Waals surface area contributed by atoms with Gasteiger partial charge in [-0.3, -0.25) is 9.59 Å². The second-order valence-corrected chi connectivity index (χ2v) is 9.60. The van der Waals surface area contributed by atoms with Crippen LogP contribution in [0.3, 0.4) is 0 Å². The summed E-state index contributed by atoms with van der Waals surface area (Å²) in [5.41, 5.74) is 1.05. The smallest absolute Gasteiger partial charge is 0.262 e. The zero-order valence-corrected chi connectivity index (χ0v) is 19.8. The van der Waals surface area contributed by atoms with Gasteiger partial charge in [0.2, 0.25) is 0 Å². The Kier molecular flexibility index (Phi) is 6.32. The minimum atomic E-state index is -0.686. The lowest BCUT2D eigenvalue weighted by atomic mass is 9.93. The third kappa shape index (κ3) is 4.96. The molecule has 0 atom stereocenters. The summed E-state index contributed by atoms with van der Waals surface area (Å²) in [4.78, 5) is 26.1. The number of anilines is 1. The molecule has 2 N–H and O–H groups in total. The van der Waals surface area contributed by atoms with Crippen LogP contribution in [0.25, 0.3) is 0 Å². The fourth-order valence-electron chi connectivity index (χ4n) is 3.47. The molecule has 0 radical (unpaired) electrons. The molecule has 0 unspecified atom stereocenters. The molecule has 0 saturated heterocycles. The number of rotatable bonds is 5. The fraction of sp³-hybridized carbons (Fsp3) is 0.250. The van der Waals surface area contributed by atoms with Crippen molar-refractivity contribution in [1.82, 2.24) is 5.32 Å². The Morgan fingerprint density at radius 2 is 1.76 bits per heavy atom. The summed E-state index contributed by atoms with van der Waals surface area (Å²) >= 11 is 7.13. The van der Waals surface area contributed by atoms with E-state index < -0.39 is 17.3 Å². The molecule has 0 saturated carbocycles. The van der Waals surface area contributed by atoms with E-state index in [1.54, 1.807) is 13.0 Å². The number of carbonyl (C=O) groups is 2. The van der Waals surface area contributed by atoms with Gasteiger partial charge in [-0.1, -0.05) is 17.7 Å². The number of ether oxygens (including phenoxy) is 2. The second-order valence-electron chi connectivity index (χ2n) is 8.14. The summed E-state index contributed by atoms with van der Waals surface area (Å²) in [7, 11) is 0. The van der Waals surface area contributed by atoms with Crippen LogP contribution in [0.15, 0.2) is 42.5 Å². The van der Waals surface area contributed by atoms with Crippen LogP contribution in [0.1, 0.15) is 45.0 Å². The number of nitrogens with one attached hydrogen (secondary N) is 2. The van der Waals surface area contributed by atoms with Gasteiger partial charge in [-0.05, 0) is 68.3 Å². The number of hydrogen-bond acceptors (Lipinski definition) is 5. The maximum absolute atomic E-state index is 13.3. The maximum atomic E-state index is 13.3. The monoisotopic (exact) mass is 488 g/mol. The molecule has 3 aromatic rings. The van der Waals surface area contributed by atoms with Gasteiger partial charge >= 0.3 is 0 Å². The summed E-state index contributed by atoms with van der Waals surface area (Å²) in [6.45, 7) is 6.59. The van der Waals surface area contributed by atoms with Crippen molar-refractivity contribution in [1.29, 1.82) is 0 Å². The standard InChI is InChI=1S/C24H22ClFN2O4S/c1-13-10-20(27-22(29)16-6-5-15(26)12-17(16)25)33-21(13)23(30)28-24(2,3)14-4-7-18-19(11-14)32-9-8-31-18/h4-7,10-12H,8-9H2,1-3H3,(H,27,29)(H,28,30). The first-order valence-electron chi connectivity index (χ1n) is 10.2. The van der Waals surface area contributed by atoms with Crippen LogP contribution in [0.5, 0.6) is 11.5 Å². The van der Waals surface area contributed by atoms with E-state index in [1.807, 2.05) is 32.0 Å². The third-order valence-corrected chi connectivity index (χ3v) is 6.69. The highest BCUT2D eigenvalue weighted by atomic mass is 35.5. The molecule has 0 aliphatic carbocycles. The van der Waals surface area contributed by atoms with E-state index in [-0.39, 0.29) is 16.5 Å². The van der Waals surface area contributed by atoms with E-state index in [0.717, 1.165) is 28.5 Å². The number of hydrogen-bond donors (Lipinski definition) is 2. The lowest BCUT2D eigenvalue weighted by molar-refractivity contribution is 0.0914. The van der Waals surface area contributed by atoms with Gasteiger partial charge in [-0.15, -0.1) is 11.3 Å².